The molecule has 2 heterocycles. The molecular weight excluding hydrogens is 232 g/mol. The van der Waals surface area contributed by atoms with Crippen molar-refractivity contribution in [3.05, 3.63) is 22.4 Å². The van der Waals surface area contributed by atoms with Gasteiger partial charge in [0.15, 0.2) is 0 Å². The van der Waals surface area contributed by atoms with Crippen LogP contribution in [0.5, 0.6) is 0 Å². The Morgan fingerprint density at radius 2 is 2.35 bits per heavy atom. The smallest absolute Gasteiger partial charge is 0.0675 e. The fourth-order valence-electron chi connectivity index (χ4n) is 2.64. The topological polar surface area (TPSA) is 26.7 Å². The van der Waals surface area contributed by atoms with Gasteiger partial charge in [0.05, 0.1) is 12.6 Å². The predicted molar refractivity (Wildman–Crippen MR) is 72.4 cm³/mol. The third-order valence-electron chi connectivity index (χ3n) is 3.69. The zero-order chi connectivity index (χ0) is 12.3. The van der Waals surface area contributed by atoms with Gasteiger partial charge < -0.3 is 5.11 Å². The predicted octanol–water partition coefficient (Wildman–Crippen LogP) is 1.81. The van der Waals surface area contributed by atoms with E-state index in [1.807, 2.05) is 0 Å². The van der Waals surface area contributed by atoms with Gasteiger partial charge in [-0.25, -0.2) is 0 Å². The van der Waals surface area contributed by atoms with Crippen molar-refractivity contribution in [1.82, 2.24) is 9.80 Å². The van der Waals surface area contributed by atoms with E-state index in [1.165, 1.54) is 4.88 Å². The Bertz CT molecular complexity index is 328. The summed E-state index contributed by atoms with van der Waals surface area (Å²) >= 11 is 1.74. The second-order valence-electron chi connectivity index (χ2n) is 4.69. The third-order valence-corrected chi connectivity index (χ3v) is 4.66. The molecule has 4 heteroatoms. The van der Waals surface area contributed by atoms with Crippen LogP contribution >= 0.6 is 11.3 Å². The zero-order valence-corrected chi connectivity index (χ0v) is 11.5. The summed E-state index contributed by atoms with van der Waals surface area (Å²) < 4.78 is 0. The Hall–Kier alpha value is -0.420. The van der Waals surface area contributed by atoms with E-state index >= 15 is 0 Å². The summed E-state index contributed by atoms with van der Waals surface area (Å²) in [5, 5.41) is 11.7. The lowest BCUT2D eigenvalue weighted by molar-refractivity contribution is 0.0380. The van der Waals surface area contributed by atoms with Crippen molar-refractivity contribution >= 4 is 11.3 Å². The summed E-state index contributed by atoms with van der Waals surface area (Å²) in [6.45, 7) is 9.06. The fraction of sp³-hybridized carbons (Fsp3) is 0.692. The lowest BCUT2D eigenvalue weighted by atomic mass is 10.1. The molecule has 1 aliphatic rings. The zero-order valence-electron chi connectivity index (χ0n) is 10.7. The van der Waals surface area contributed by atoms with E-state index in [0.717, 1.165) is 26.2 Å². The molecule has 0 saturated carbocycles. The highest BCUT2D eigenvalue weighted by Gasteiger charge is 2.28. The highest BCUT2D eigenvalue weighted by Crippen LogP contribution is 2.26. The molecule has 0 aliphatic carbocycles. The van der Waals surface area contributed by atoms with Crippen molar-refractivity contribution in [1.29, 1.82) is 0 Å². The molecule has 96 valence electrons. The molecule has 0 aromatic carbocycles. The summed E-state index contributed by atoms with van der Waals surface area (Å²) in [5.41, 5.74) is 0. The van der Waals surface area contributed by atoms with Gasteiger partial charge in [0.1, 0.15) is 0 Å². The fourth-order valence-corrected chi connectivity index (χ4v) is 3.49. The molecule has 2 rings (SSSR count). The van der Waals surface area contributed by atoms with Crippen molar-refractivity contribution < 1.29 is 5.11 Å². The lowest BCUT2D eigenvalue weighted by Gasteiger charge is -2.42. The SMILES string of the molecule is CCN1CCN(C(CO)c2cccs2)CC1C. The van der Waals surface area contributed by atoms with E-state index in [9.17, 15) is 5.11 Å². The van der Waals surface area contributed by atoms with Gasteiger partial charge in [-0.3, -0.25) is 9.80 Å². The first-order valence-electron chi connectivity index (χ1n) is 6.38. The molecule has 0 spiro atoms. The number of hydrogen-bond acceptors (Lipinski definition) is 4. The summed E-state index contributed by atoms with van der Waals surface area (Å²) in [6, 6.07) is 4.97. The summed E-state index contributed by atoms with van der Waals surface area (Å²) in [5.74, 6) is 0. The summed E-state index contributed by atoms with van der Waals surface area (Å²) in [6.07, 6.45) is 0. The average molecular weight is 254 g/mol. The monoisotopic (exact) mass is 254 g/mol. The maximum absolute atomic E-state index is 9.61. The van der Waals surface area contributed by atoms with Crippen molar-refractivity contribution in [3.8, 4) is 0 Å². The van der Waals surface area contributed by atoms with E-state index in [2.05, 4.69) is 41.2 Å². The number of aliphatic hydroxyl groups is 1. The van der Waals surface area contributed by atoms with E-state index in [-0.39, 0.29) is 12.6 Å². The Labute approximate surface area is 108 Å². The maximum atomic E-state index is 9.61. The first kappa shape index (κ1) is 13.0. The molecule has 2 atom stereocenters. The minimum atomic E-state index is 0.191. The molecule has 0 radical (unpaired) electrons. The number of rotatable bonds is 4. The summed E-state index contributed by atoms with van der Waals surface area (Å²) in [7, 11) is 0. The van der Waals surface area contributed by atoms with Gasteiger partial charge in [-0.05, 0) is 24.9 Å². The van der Waals surface area contributed by atoms with Gasteiger partial charge >= 0.3 is 0 Å². The molecular formula is C13H22N2OS. The van der Waals surface area contributed by atoms with Crippen LogP contribution in [-0.4, -0.2) is 53.7 Å². The number of hydrogen-bond donors (Lipinski definition) is 1. The third kappa shape index (κ3) is 2.88. The van der Waals surface area contributed by atoms with Crippen LogP contribution in [0.4, 0.5) is 0 Å². The normalized spacial score (nSPS) is 25.0. The van der Waals surface area contributed by atoms with Gasteiger partial charge in [-0.15, -0.1) is 11.3 Å². The van der Waals surface area contributed by atoms with Crippen molar-refractivity contribution in [3.63, 3.8) is 0 Å². The van der Waals surface area contributed by atoms with E-state index in [1.54, 1.807) is 11.3 Å². The standard InChI is InChI=1S/C13H22N2OS/c1-3-14-6-7-15(9-11(14)2)12(10-16)13-5-4-8-17-13/h4-5,8,11-12,16H,3,6-7,9-10H2,1-2H3. The van der Waals surface area contributed by atoms with Crippen molar-refractivity contribution in [2.45, 2.75) is 25.9 Å². The molecule has 1 aromatic rings. The number of piperazine rings is 1. The first-order valence-corrected chi connectivity index (χ1v) is 7.26. The van der Waals surface area contributed by atoms with Crippen LogP contribution in [0.3, 0.4) is 0 Å². The molecule has 2 unspecified atom stereocenters. The first-order chi connectivity index (χ1) is 8.26. The van der Waals surface area contributed by atoms with Crippen LogP contribution in [0, 0.1) is 0 Å². The molecule has 1 aliphatic heterocycles. The molecule has 0 amide bonds. The summed E-state index contributed by atoms with van der Waals surface area (Å²) in [4.78, 5) is 6.20. The van der Waals surface area contributed by atoms with Crippen LogP contribution in [0.25, 0.3) is 0 Å². The molecule has 1 fully saturated rings. The van der Waals surface area contributed by atoms with Gasteiger partial charge in [0.2, 0.25) is 0 Å². The Morgan fingerprint density at radius 3 is 2.88 bits per heavy atom. The van der Waals surface area contributed by atoms with Gasteiger partial charge in [-0.2, -0.15) is 0 Å². The van der Waals surface area contributed by atoms with Crippen LogP contribution < -0.4 is 0 Å². The second-order valence-corrected chi connectivity index (χ2v) is 5.67. The van der Waals surface area contributed by atoms with Crippen molar-refractivity contribution in [2.75, 3.05) is 32.8 Å². The number of thiophene rings is 1. The van der Waals surface area contributed by atoms with Crippen LogP contribution in [-0.2, 0) is 0 Å². The van der Waals surface area contributed by atoms with E-state index in [4.69, 9.17) is 0 Å². The highest BCUT2D eigenvalue weighted by molar-refractivity contribution is 7.10. The van der Waals surface area contributed by atoms with Gasteiger partial charge in [0, 0.05) is 30.6 Å². The maximum Gasteiger partial charge on any atom is 0.0675 e. The van der Waals surface area contributed by atoms with Crippen molar-refractivity contribution in [2.24, 2.45) is 0 Å². The van der Waals surface area contributed by atoms with Gasteiger partial charge in [0.25, 0.3) is 0 Å². The second kappa shape index (κ2) is 5.96. The lowest BCUT2D eigenvalue weighted by Crippen LogP contribution is -2.52. The number of likely N-dealkylation sites (N-methyl/N-ethyl adjacent to an activating group) is 1. The Morgan fingerprint density at radius 1 is 1.53 bits per heavy atom. The average Bonchev–Trinajstić information content (AvgIpc) is 2.84. The largest absolute Gasteiger partial charge is 0.394 e. The van der Waals surface area contributed by atoms with Gasteiger partial charge in [-0.1, -0.05) is 13.0 Å². The molecule has 1 aromatic heterocycles. The molecule has 17 heavy (non-hydrogen) atoms. The number of nitrogens with zero attached hydrogens (tertiary/aromatic N) is 2. The Balaban J connectivity index is 2.02. The van der Waals surface area contributed by atoms with Crippen LogP contribution in [0.15, 0.2) is 17.5 Å². The highest BCUT2D eigenvalue weighted by atomic mass is 32.1. The number of aliphatic hydroxyl groups excluding tert-OH is 1. The van der Waals surface area contributed by atoms with Crippen LogP contribution in [0.1, 0.15) is 24.8 Å². The molecule has 1 N–H and O–H groups in total. The van der Waals surface area contributed by atoms with E-state index in [0.29, 0.717) is 6.04 Å². The minimum absolute atomic E-state index is 0.191. The molecule has 3 nitrogen and oxygen atoms in total. The minimum Gasteiger partial charge on any atom is -0.394 e. The quantitative estimate of drug-likeness (QED) is 0.887. The molecule has 0 bridgehead atoms. The molecule has 1 saturated heterocycles. The van der Waals surface area contributed by atoms with E-state index < -0.39 is 0 Å². The Kier molecular flexibility index (Phi) is 4.56. The van der Waals surface area contributed by atoms with Crippen LogP contribution in [0.2, 0.25) is 0 Å².